The molecule has 5 heteroatoms. The maximum Gasteiger partial charge on any atom is 0.233 e. The van der Waals surface area contributed by atoms with Crippen LogP contribution in [0.15, 0.2) is 47.4 Å². The van der Waals surface area contributed by atoms with E-state index in [1.54, 1.807) is 18.2 Å². The largest absolute Gasteiger partial charge is 0.337 e. The van der Waals surface area contributed by atoms with E-state index in [4.69, 9.17) is 23.2 Å². The van der Waals surface area contributed by atoms with E-state index < -0.39 is 0 Å². The summed E-state index contributed by atoms with van der Waals surface area (Å²) >= 11 is 13.7. The highest BCUT2D eigenvalue weighted by Gasteiger charge is 2.20. The van der Waals surface area contributed by atoms with Gasteiger partial charge in [0.2, 0.25) is 5.91 Å². The van der Waals surface area contributed by atoms with Crippen molar-refractivity contribution >= 4 is 40.9 Å². The van der Waals surface area contributed by atoms with Crippen molar-refractivity contribution in [2.45, 2.75) is 17.9 Å². The molecule has 0 saturated heterocycles. The highest BCUT2D eigenvalue weighted by atomic mass is 35.5. The zero-order chi connectivity index (χ0) is 15.5. The van der Waals surface area contributed by atoms with Crippen LogP contribution in [0.2, 0.25) is 10.0 Å². The predicted molar refractivity (Wildman–Crippen MR) is 92.7 cm³/mol. The van der Waals surface area contributed by atoms with Crippen LogP contribution in [0.1, 0.15) is 11.1 Å². The molecule has 0 atom stereocenters. The Morgan fingerprint density at radius 1 is 1.05 bits per heavy atom. The zero-order valence-corrected chi connectivity index (χ0v) is 14.2. The zero-order valence-electron chi connectivity index (χ0n) is 11.9. The van der Waals surface area contributed by atoms with Gasteiger partial charge in [0, 0.05) is 18.0 Å². The van der Waals surface area contributed by atoms with Gasteiger partial charge < -0.3 is 4.90 Å². The van der Waals surface area contributed by atoms with Gasteiger partial charge in [-0.1, -0.05) is 53.5 Å². The summed E-state index contributed by atoms with van der Waals surface area (Å²) in [6.45, 7) is 1.46. The second kappa shape index (κ2) is 6.95. The van der Waals surface area contributed by atoms with Gasteiger partial charge in [-0.2, -0.15) is 0 Å². The molecule has 1 amide bonds. The smallest absolute Gasteiger partial charge is 0.233 e. The third-order valence-electron chi connectivity index (χ3n) is 3.74. The summed E-state index contributed by atoms with van der Waals surface area (Å²) in [5, 5.41) is 1.18. The van der Waals surface area contributed by atoms with Crippen molar-refractivity contribution in [1.29, 1.82) is 0 Å². The average molecular weight is 352 g/mol. The van der Waals surface area contributed by atoms with Crippen LogP contribution in [0.3, 0.4) is 0 Å². The van der Waals surface area contributed by atoms with Crippen LogP contribution in [0.4, 0.5) is 0 Å². The first kappa shape index (κ1) is 15.7. The summed E-state index contributed by atoms with van der Waals surface area (Å²) in [6, 6.07) is 13.7. The van der Waals surface area contributed by atoms with E-state index in [9.17, 15) is 4.79 Å². The van der Waals surface area contributed by atoms with Crippen molar-refractivity contribution in [3.8, 4) is 0 Å². The number of carbonyl (C=O) groups is 1. The summed E-state index contributed by atoms with van der Waals surface area (Å²) < 4.78 is 0. The topological polar surface area (TPSA) is 20.3 Å². The van der Waals surface area contributed by atoms with Crippen molar-refractivity contribution in [3.05, 3.63) is 63.6 Å². The van der Waals surface area contributed by atoms with Gasteiger partial charge in [0.1, 0.15) is 0 Å². The van der Waals surface area contributed by atoms with Gasteiger partial charge >= 0.3 is 0 Å². The first-order valence-corrected chi connectivity index (χ1v) is 8.80. The molecule has 0 bridgehead atoms. The van der Waals surface area contributed by atoms with Gasteiger partial charge in [-0.3, -0.25) is 4.79 Å². The van der Waals surface area contributed by atoms with Crippen LogP contribution in [0.5, 0.6) is 0 Å². The number of amides is 1. The lowest BCUT2D eigenvalue weighted by Gasteiger charge is -2.28. The van der Waals surface area contributed by atoms with Gasteiger partial charge in [-0.25, -0.2) is 0 Å². The fourth-order valence-electron chi connectivity index (χ4n) is 2.55. The lowest BCUT2D eigenvalue weighted by atomic mass is 10.00. The van der Waals surface area contributed by atoms with E-state index in [2.05, 4.69) is 12.1 Å². The van der Waals surface area contributed by atoms with E-state index in [0.29, 0.717) is 22.3 Å². The Morgan fingerprint density at radius 2 is 1.73 bits per heavy atom. The Labute approximate surface area is 144 Å². The number of hydrogen-bond donors (Lipinski definition) is 0. The molecule has 0 N–H and O–H groups in total. The van der Waals surface area contributed by atoms with Crippen molar-refractivity contribution in [2.24, 2.45) is 0 Å². The molecular formula is C17H15Cl2NOS. The molecule has 2 aromatic carbocycles. The maximum atomic E-state index is 12.4. The molecule has 0 aliphatic carbocycles. The number of halogens is 2. The molecule has 2 nitrogen and oxygen atoms in total. The van der Waals surface area contributed by atoms with E-state index in [1.807, 2.05) is 17.0 Å². The molecule has 114 valence electrons. The average Bonchev–Trinajstić information content (AvgIpc) is 2.53. The molecule has 3 rings (SSSR count). The molecule has 0 aromatic heterocycles. The molecule has 0 spiro atoms. The Morgan fingerprint density at radius 3 is 2.45 bits per heavy atom. The Hall–Kier alpha value is -1.16. The minimum atomic E-state index is 0.121. The number of fused-ring (bicyclic) bond motifs is 1. The second-order valence-corrected chi connectivity index (χ2v) is 6.97. The third-order valence-corrected chi connectivity index (χ3v) is 5.72. The van der Waals surface area contributed by atoms with E-state index in [1.165, 1.54) is 22.9 Å². The summed E-state index contributed by atoms with van der Waals surface area (Å²) in [6.07, 6.45) is 0.916. The van der Waals surface area contributed by atoms with Crippen LogP contribution >= 0.6 is 35.0 Å². The van der Waals surface area contributed by atoms with Crippen LogP contribution in [0.25, 0.3) is 0 Å². The number of carbonyl (C=O) groups excluding carboxylic acids is 1. The number of thioether (sulfide) groups is 1. The standard InChI is InChI=1S/C17H15Cl2NOS/c18-14-6-3-7-15(19)17(14)22-11-16(21)20-9-8-12-4-1-2-5-13(12)10-20/h1-7H,8-11H2. The normalized spacial score (nSPS) is 13.8. The second-order valence-electron chi connectivity index (χ2n) is 5.17. The van der Waals surface area contributed by atoms with Crippen LogP contribution in [-0.2, 0) is 17.8 Å². The molecule has 1 heterocycles. The highest BCUT2D eigenvalue weighted by Crippen LogP contribution is 2.34. The fraction of sp³-hybridized carbons (Fsp3) is 0.235. The molecule has 0 radical (unpaired) electrons. The quantitative estimate of drug-likeness (QED) is 0.748. The van der Waals surface area contributed by atoms with E-state index in [0.717, 1.165) is 17.9 Å². The Balaban J connectivity index is 1.64. The molecule has 0 unspecified atom stereocenters. The molecule has 0 fully saturated rings. The first-order chi connectivity index (χ1) is 10.6. The predicted octanol–water partition coefficient (Wildman–Crippen LogP) is 4.67. The van der Waals surface area contributed by atoms with Gasteiger partial charge in [0.05, 0.1) is 15.8 Å². The highest BCUT2D eigenvalue weighted by molar-refractivity contribution is 8.00. The van der Waals surface area contributed by atoms with Crippen LogP contribution in [-0.4, -0.2) is 23.1 Å². The molecule has 1 aliphatic heterocycles. The number of rotatable bonds is 3. The summed E-state index contributed by atoms with van der Waals surface area (Å²) in [5.74, 6) is 0.474. The monoisotopic (exact) mass is 351 g/mol. The summed E-state index contributed by atoms with van der Waals surface area (Å²) in [4.78, 5) is 15.1. The van der Waals surface area contributed by atoms with Crippen LogP contribution in [0, 0.1) is 0 Å². The first-order valence-electron chi connectivity index (χ1n) is 7.06. The lowest BCUT2D eigenvalue weighted by molar-refractivity contribution is -0.129. The van der Waals surface area contributed by atoms with Gasteiger partial charge in [-0.05, 0) is 29.7 Å². The minimum absolute atomic E-state index is 0.121. The molecule has 1 aliphatic rings. The van der Waals surface area contributed by atoms with Crippen molar-refractivity contribution in [1.82, 2.24) is 4.90 Å². The summed E-state index contributed by atoms with van der Waals surface area (Å²) in [5.41, 5.74) is 2.58. The van der Waals surface area contributed by atoms with Gasteiger partial charge in [0.15, 0.2) is 0 Å². The molecule has 2 aromatic rings. The fourth-order valence-corrected chi connectivity index (χ4v) is 4.14. The van der Waals surface area contributed by atoms with Crippen molar-refractivity contribution in [2.75, 3.05) is 12.3 Å². The third kappa shape index (κ3) is 3.43. The van der Waals surface area contributed by atoms with Crippen molar-refractivity contribution in [3.63, 3.8) is 0 Å². The van der Waals surface area contributed by atoms with Crippen molar-refractivity contribution < 1.29 is 4.79 Å². The Kier molecular flexibility index (Phi) is 4.97. The van der Waals surface area contributed by atoms with Gasteiger partial charge in [-0.15, -0.1) is 11.8 Å². The molecule has 22 heavy (non-hydrogen) atoms. The minimum Gasteiger partial charge on any atom is -0.337 e. The van der Waals surface area contributed by atoms with E-state index in [-0.39, 0.29) is 5.91 Å². The Bertz CT molecular complexity index is 685. The lowest BCUT2D eigenvalue weighted by Crippen LogP contribution is -2.37. The van der Waals surface area contributed by atoms with Crippen LogP contribution < -0.4 is 0 Å². The van der Waals surface area contributed by atoms with E-state index >= 15 is 0 Å². The number of benzene rings is 2. The summed E-state index contributed by atoms with van der Waals surface area (Å²) in [7, 11) is 0. The van der Waals surface area contributed by atoms with Gasteiger partial charge in [0.25, 0.3) is 0 Å². The number of nitrogens with zero attached hydrogens (tertiary/aromatic N) is 1. The number of hydrogen-bond acceptors (Lipinski definition) is 2. The molecular weight excluding hydrogens is 337 g/mol. The molecule has 0 saturated carbocycles. The SMILES string of the molecule is O=C(CSc1c(Cl)cccc1Cl)N1CCc2ccccc2C1. The maximum absolute atomic E-state index is 12.4.